The number of hydrogen-bond acceptors (Lipinski definition) is 6. The van der Waals surface area contributed by atoms with Gasteiger partial charge < -0.3 is 19.6 Å². The van der Waals surface area contributed by atoms with Crippen molar-refractivity contribution in [3.05, 3.63) is 77.4 Å². The van der Waals surface area contributed by atoms with E-state index in [0.717, 1.165) is 5.56 Å². The Balaban J connectivity index is 1.55. The van der Waals surface area contributed by atoms with Gasteiger partial charge in [0.05, 0.1) is 17.8 Å². The van der Waals surface area contributed by atoms with Gasteiger partial charge in [-0.1, -0.05) is 47.6 Å². The van der Waals surface area contributed by atoms with E-state index in [0.29, 0.717) is 45.6 Å². The monoisotopic (exact) mass is 430 g/mol. The summed E-state index contributed by atoms with van der Waals surface area (Å²) in [6.07, 6.45) is 0. The average Bonchev–Trinajstić information content (AvgIpc) is 3.35. The molecule has 0 radical (unpaired) electrons. The smallest absolute Gasteiger partial charge is 0.257 e. The highest BCUT2D eigenvalue weighted by Crippen LogP contribution is 2.29. The van der Waals surface area contributed by atoms with Crippen LogP contribution in [0.3, 0.4) is 0 Å². The Hall–Kier alpha value is -4.20. The number of aromatic nitrogens is 2. The predicted molar refractivity (Wildman–Crippen MR) is 119 cm³/mol. The first kappa shape index (κ1) is 21.0. The van der Waals surface area contributed by atoms with Crippen molar-refractivity contribution in [1.29, 1.82) is 0 Å². The second kappa shape index (κ2) is 8.89. The Morgan fingerprint density at radius 2 is 1.69 bits per heavy atom. The number of carbonyl (C=O) groups is 2. The van der Waals surface area contributed by atoms with Gasteiger partial charge in [0.2, 0.25) is 11.8 Å². The van der Waals surface area contributed by atoms with E-state index in [-0.39, 0.29) is 18.4 Å². The van der Waals surface area contributed by atoms with E-state index in [1.165, 1.54) is 6.92 Å². The third kappa shape index (κ3) is 4.29. The van der Waals surface area contributed by atoms with Gasteiger partial charge in [0.25, 0.3) is 5.91 Å². The number of amides is 2. The van der Waals surface area contributed by atoms with Crippen molar-refractivity contribution in [2.45, 2.75) is 27.3 Å². The first-order valence-electron chi connectivity index (χ1n) is 10.1. The molecule has 0 bridgehead atoms. The van der Waals surface area contributed by atoms with Crippen molar-refractivity contribution in [3.63, 3.8) is 0 Å². The minimum Gasteiger partial charge on any atom is -0.441 e. The number of oxazole rings is 1. The molecule has 0 unspecified atom stereocenters. The normalized spacial score (nSPS) is 10.7. The molecule has 0 aliphatic heterocycles. The molecule has 0 fully saturated rings. The molecular formula is C24H22N4O4. The number of anilines is 1. The minimum absolute atomic E-state index is 0.162. The largest absolute Gasteiger partial charge is 0.441 e. The molecule has 4 aromatic rings. The average molecular weight is 430 g/mol. The number of hydrogen-bond donors (Lipinski definition) is 2. The number of nitrogens with one attached hydrogen (secondary N) is 2. The molecule has 0 aliphatic rings. The van der Waals surface area contributed by atoms with Crippen molar-refractivity contribution < 1.29 is 18.5 Å². The van der Waals surface area contributed by atoms with Gasteiger partial charge in [-0.15, -0.1) is 0 Å². The lowest BCUT2D eigenvalue weighted by Crippen LogP contribution is -2.24. The van der Waals surface area contributed by atoms with E-state index in [1.54, 1.807) is 19.9 Å². The SMILES string of the molecule is CC(=O)Nc1ccccc1-c1nc(CNC(=O)c2c(-c3ccccc3)noc2C)c(C)o1. The predicted octanol–water partition coefficient (Wildman–Crippen LogP) is 4.50. The Kier molecular flexibility index (Phi) is 5.85. The molecule has 0 aliphatic carbocycles. The first-order valence-corrected chi connectivity index (χ1v) is 10.1. The van der Waals surface area contributed by atoms with Gasteiger partial charge in [-0.05, 0) is 26.0 Å². The molecule has 32 heavy (non-hydrogen) atoms. The van der Waals surface area contributed by atoms with Crippen LogP contribution in [0, 0.1) is 13.8 Å². The molecule has 8 heteroatoms. The van der Waals surface area contributed by atoms with Crippen molar-refractivity contribution in [2.24, 2.45) is 0 Å². The number of carbonyl (C=O) groups excluding carboxylic acids is 2. The molecule has 2 aromatic carbocycles. The zero-order chi connectivity index (χ0) is 22.7. The zero-order valence-electron chi connectivity index (χ0n) is 17.9. The fourth-order valence-corrected chi connectivity index (χ4v) is 3.36. The van der Waals surface area contributed by atoms with Gasteiger partial charge in [-0.25, -0.2) is 4.98 Å². The van der Waals surface area contributed by atoms with E-state index in [4.69, 9.17) is 8.94 Å². The van der Waals surface area contributed by atoms with E-state index >= 15 is 0 Å². The fourth-order valence-electron chi connectivity index (χ4n) is 3.36. The van der Waals surface area contributed by atoms with Crippen LogP contribution >= 0.6 is 0 Å². The molecule has 0 atom stereocenters. The Bertz CT molecular complexity index is 1270. The topological polar surface area (TPSA) is 110 Å². The second-order valence-corrected chi connectivity index (χ2v) is 7.26. The summed E-state index contributed by atoms with van der Waals surface area (Å²) in [6.45, 7) is 5.08. The van der Waals surface area contributed by atoms with Crippen LogP contribution < -0.4 is 10.6 Å². The standard InChI is InChI=1S/C24H22N4O4/c1-14-20(27-24(31-14)18-11-7-8-12-19(18)26-16(3)29)13-25-23(30)21-15(2)32-28-22(21)17-9-5-4-6-10-17/h4-12H,13H2,1-3H3,(H,25,30)(H,26,29). The van der Waals surface area contributed by atoms with Crippen LogP contribution in [0.5, 0.6) is 0 Å². The lowest BCUT2D eigenvalue weighted by Gasteiger charge is -2.06. The highest BCUT2D eigenvalue weighted by molar-refractivity contribution is 6.00. The van der Waals surface area contributed by atoms with E-state index < -0.39 is 0 Å². The van der Waals surface area contributed by atoms with E-state index in [1.807, 2.05) is 48.5 Å². The fraction of sp³-hybridized carbons (Fsp3) is 0.167. The molecule has 8 nitrogen and oxygen atoms in total. The molecule has 0 spiro atoms. The van der Waals surface area contributed by atoms with Crippen LogP contribution in [0.25, 0.3) is 22.7 Å². The molecule has 0 saturated heterocycles. The van der Waals surface area contributed by atoms with Gasteiger partial charge in [-0.2, -0.15) is 0 Å². The highest BCUT2D eigenvalue weighted by atomic mass is 16.5. The number of para-hydroxylation sites is 1. The van der Waals surface area contributed by atoms with Crippen molar-refractivity contribution >= 4 is 17.5 Å². The van der Waals surface area contributed by atoms with Gasteiger partial charge in [0.15, 0.2) is 0 Å². The molecule has 0 saturated carbocycles. The zero-order valence-corrected chi connectivity index (χ0v) is 17.9. The third-order valence-electron chi connectivity index (χ3n) is 4.91. The van der Waals surface area contributed by atoms with Gasteiger partial charge in [-0.3, -0.25) is 9.59 Å². The van der Waals surface area contributed by atoms with Crippen LogP contribution in [0.15, 0.2) is 63.5 Å². The van der Waals surface area contributed by atoms with Crippen molar-refractivity contribution in [3.8, 4) is 22.7 Å². The number of rotatable bonds is 6. The number of aryl methyl sites for hydroxylation is 2. The summed E-state index contributed by atoms with van der Waals surface area (Å²) in [5, 5.41) is 9.70. The van der Waals surface area contributed by atoms with Crippen LogP contribution in [-0.2, 0) is 11.3 Å². The van der Waals surface area contributed by atoms with Crippen LogP contribution in [0.2, 0.25) is 0 Å². The minimum atomic E-state index is -0.315. The Labute approximate surface area is 184 Å². The van der Waals surface area contributed by atoms with Gasteiger partial charge in [0.1, 0.15) is 28.5 Å². The van der Waals surface area contributed by atoms with Crippen LogP contribution in [0.1, 0.15) is 34.5 Å². The van der Waals surface area contributed by atoms with E-state index in [2.05, 4.69) is 20.8 Å². The number of benzene rings is 2. The molecule has 2 amide bonds. The molecular weight excluding hydrogens is 408 g/mol. The molecule has 2 aromatic heterocycles. The summed E-state index contributed by atoms with van der Waals surface area (Å²) in [6, 6.07) is 16.6. The summed E-state index contributed by atoms with van der Waals surface area (Å²) in [7, 11) is 0. The summed E-state index contributed by atoms with van der Waals surface area (Å²) < 4.78 is 11.1. The lowest BCUT2D eigenvalue weighted by atomic mass is 10.1. The van der Waals surface area contributed by atoms with Crippen molar-refractivity contribution in [1.82, 2.24) is 15.5 Å². The molecule has 2 heterocycles. The van der Waals surface area contributed by atoms with Crippen LogP contribution in [-0.4, -0.2) is 22.0 Å². The molecule has 2 N–H and O–H groups in total. The summed E-state index contributed by atoms with van der Waals surface area (Å²) >= 11 is 0. The number of nitrogens with zero attached hydrogens (tertiary/aromatic N) is 2. The summed E-state index contributed by atoms with van der Waals surface area (Å²) in [4.78, 5) is 29.0. The maximum absolute atomic E-state index is 12.9. The Morgan fingerprint density at radius 3 is 2.44 bits per heavy atom. The Morgan fingerprint density at radius 1 is 0.969 bits per heavy atom. The van der Waals surface area contributed by atoms with E-state index in [9.17, 15) is 9.59 Å². The highest BCUT2D eigenvalue weighted by Gasteiger charge is 2.22. The lowest BCUT2D eigenvalue weighted by molar-refractivity contribution is -0.114. The first-order chi connectivity index (χ1) is 15.4. The van der Waals surface area contributed by atoms with Crippen molar-refractivity contribution in [2.75, 3.05) is 5.32 Å². The molecule has 162 valence electrons. The third-order valence-corrected chi connectivity index (χ3v) is 4.91. The maximum Gasteiger partial charge on any atom is 0.257 e. The second-order valence-electron chi connectivity index (χ2n) is 7.26. The van der Waals surface area contributed by atoms with Gasteiger partial charge >= 0.3 is 0 Å². The quantitative estimate of drug-likeness (QED) is 0.466. The summed E-state index contributed by atoms with van der Waals surface area (Å²) in [5.41, 5.74) is 3.51. The molecule has 4 rings (SSSR count). The maximum atomic E-state index is 12.9. The van der Waals surface area contributed by atoms with Crippen LogP contribution in [0.4, 0.5) is 5.69 Å². The van der Waals surface area contributed by atoms with Gasteiger partial charge in [0, 0.05) is 12.5 Å². The summed E-state index contributed by atoms with van der Waals surface area (Å²) in [5.74, 6) is 0.866.